The summed E-state index contributed by atoms with van der Waals surface area (Å²) in [6, 6.07) is 3.00. The zero-order valence-corrected chi connectivity index (χ0v) is 19.1. The number of halogens is 4. The molecule has 2 aromatic rings. The van der Waals surface area contributed by atoms with Crippen LogP contribution in [-0.2, 0) is 16.2 Å². The fourth-order valence-corrected chi connectivity index (χ4v) is 4.75. The van der Waals surface area contributed by atoms with Crippen LogP contribution in [0.15, 0.2) is 18.2 Å². The molecule has 0 amide bonds. The molecular formula is C21H27F4N3O3S. The van der Waals surface area contributed by atoms with E-state index in [9.17, 15) is 26.0 Å². The molecule has 1 fully saturated rings. The van der Waals surface area contributed by atoms with E-state index in [-0.39, 0.29) is 34.8 Å². The van der Waals surface area contributed by atoms with Crippen molar-refractivity contribution in [2.75, 3.05) is 7.11 Å². The van der Waals surface area contributed by atoms with Crippen molar-refractivity contribution in [2.45, 2.75) is 69.3 Å². The number of rotatable bonds is 5. The number of methoxy groups -OCH3 is 1. The third-order valence-corrected chi connectivity index (χ3v) is 7.92. The molecule has 1 heterocycles. The maximum atomic E-state index is 13.7. The normalized spacial score (nSPS) is 20.4. The molecule has 0 aliphatic heterocycles. The van der Waals surface area contributed by atoms with Crippen molar-refractivity contribution < 1.29 is 30.7 Å². The molecule has 0 spiro atoms. The van der Waals surface area contributed by atoms with Crippen LogP contribution in [0.25, 0.3) is 11.3 Å². The lowest BCUT2D eigenvalue weighted by Gasteiger charge is -2.30. The molecule has 11 heteroatoms. The van der Waals surface area contributed by atoms with Gasteiger partial charge in [-0.2, -0.15) is 13.2 Å². The lowest BCUT2D eigenvalue weighted by molar-refractivity contribution is -0.140. The summed E-state index contributed by atoms with van der Waals surface area (Å²) < 4.78 is 86.3. The Hall–Kier alpha value is -2.14. The number of imidazole rings is 1. The van der Waals surface area contributed by atoms with E-state index < -0.39 is 32.5 Å². The number of nitrogens with zero attached hydrogens (tertiary/aromatic N) is 1. The highest BCUT2D eigenvalue weighted by Crippen LogP contribution is 2.42. The summed E-state index contributed by atoms with van der Waals surface area (Å²) in [5, 5.41) is 0. The molecule has 1 aliphatic rings. The van der Waals surface area contributed by atoms with Crippen molar-refractivity contribution >= 4 is 10.0 Å². The van der Waals surface area contributed by atoms with Gasteiger partial charge in [0.05, 0.1) is 11.9 Å². The van der Waals surface area contributed by atoms with E-state index in [1.807, 2.05) is 0 Å². The van der Waals surface area contributed by atoms with E-state index in [0.717, 1.165) is 12.1 Å². The van der Waals surface area contributed by atoms with Crippen molar-refractivity contribution in [3.63, 3.8) is 0 Å². The Morgan fingerprint density at radius 1 is 1.12 bits per heavy atom. The number of aromatic nitrogens is 2. The van der Waals surface area contributed by atoms with Gasteiger partial charge in [0.15, 0.2) is 0 Å². The monoisotopic (exact) mass is 477 g/mol. The van der Waals surface area contributed by atoms with Gasteiger partial charge in [-0.1, -0.05) is 0 Å². The average molecular weight is 478 g/mol. The average Bonchev–Trinajstić information content (AvgIpc) is 3.13. The second kappa shape index (κ2) is 8.66. The van der Waals surface area contributed by atoms with Crippen molar-refractivity contribution in [3.05, 3.63) is 35.5 Å². The molecule has 0 saturated heterocycles. The first kappa shape index (κ1) is 24.5. The van der Waals surface area contributed by atoms with Gasteiger partial charge in [0.1, 0.15) is 28.8 Å². The molecule has 0 bridgehead atoms. The van der Waals surface area contributed by atoms with Crippen LogP contribution < -0.4 is 9.46 Å². The van der Waals surface area contributed by atoms with Gasteiger partial charge in [0.25, 0.3) is 0 Å². The highest BCUT2D eigenvalue weighted by molar-refractivity contribution is 7.90. The molecule has 1 aromatic heterocycles. The largest absolute Gasteiger partial charge is 0.496 e. The number of hydrogen-bond donors (Lipinski definition) is 2. The lowest BCUT2D eigenvalue weighted by atomic mass is 9.86. The van der Waals surface area contributed by atoms with E-state index in [0.29, 0.717) is 25.7 Å². The zero-order chi connectivity index (χ0) is 23.9. The first-order valence-electron chi connectivity index (χ1n) is 10.3. The Morgan fingerprint density at radius 2 is 1.75 bits per heavy atom. The second-order valence-corrected chi connectivity index (χ2v) is 11.4. The number of sulfonamides is 1. The topological polar surface area (TPSA) is 84.1 Å². The van der Waals surface area contributed by atoms with Crippen LogP contribution in [0, 0.1) is 5.82 Å². The summed E-state index contributed by atoms with van der Waals surface area (Å²) in [6.07, 6.45) is -2.78. The summed E-state index contributed by atoms with van der Waals surface area (Å²) in [5.41, 5.74) is -1.33. The van der Waals surface area contributed by atoms with Crippen LogP contribution in [0.3, 0.4) is 0 Å². The van der Waals surface area contributed by atoms with Crippen LogP contribution in [0.5, 0.6) is 5.75 Å². The summed E-state index contributed by atoms with van der Waals surface area (Å²) in [4.78, 5) is 6.65. The van der Waals surface area contributed by atoms with Gasteiger partial charge in [-0.05, 0) is 58.6 Å². The van der Waals surface area contributed by atoms with Crippen LogP contribution >= 0.6 is 0 Å². The minimum absolute atomic E-state index is 0.0374. The molecule has 0 atom stereocenters. The van der Waals surface area contributed by atoms with Gasteiger partial charge in [-0.15, -0.1) is 0 Å². The number of alkyl halides is 3. The maximum absolute atomic E-state index is 13.7. The molecule has 6 nitrogen and oxygen atoms in total. The predicted molar refractivity (Wildman–Crippen MR) is 112 cm³/mol. The lowest BCUT2D eigenvalue weighted by Crippen LogP contribution is -2.45. The van der Waals surface area contributed by atoms with E-state index in [1.54, 1.807) is 20.8 Å². The third-order valence-electron chi connectivity index (χ3n) is 5.67. The number of aromatic amines is 1. The van der Waals surface area contributed by atoms with Crippen LogP contribution in [-0.4, -0.2) is 36.3 Å². The third kappa shape index (κ3) is 5.09. The van der Waals surface area contributed by atoms with E-state index in [1.165, 1.54) is 13.2 Å². The smallest absolute Gasteiger partial charge is 0.433 e. The Balaban J connectivity index is 1.85. The van der Waals surface area contributed by atoms with Crippen molar-refractivity contribution in [3.8, 4) is 17.0 Å². The van der Waals surface area contributed by atoms with Gasteiger partial charge < -0.3 is 9.72 Å². The van der Waals surface area contributed by atoms with E-state index in [2.05, 4.69) is 14.7 Å². The SMILES string of the molecule is COc1cc(F)ccc1-c1nc([C@H]2CC[C@H](NS(=O)(=O)C(C)(C)C)CC2)[nH]c1C(F)(F)F. The molecule has 2 N–H and O–H groups in total. The molecule has 1 saturated carbocycles. The highest BCUT2D eigenvalue weighted by Gasteiger charge is 2.39. The Labute approximate surface area is 184 Å². The summed E-state index contributed by atoms with van der Waals surface area (Å²) >= 11 is 0. The maximum Gasteiger partial charge on any atom is 0.433 e. The minimum atomic E-state index is -4.69. The van der Waals surface area contributed by atoms with Crippen LogP contribution in [0.4, 0.5) is 17.6 Å². The minimum Gasteiger partial charge on any atom is -0.496 e. The molecule has 1 aliphatic carbocycles. The van der Waals surface area contributed by atoms with Gasteiger partial charge in [0, 0.05) is 23.6 Å². The van der Waals surface area contributed by atoms with Gasteiger partial charge >= 0.3 is 6.18 Å². The van der Waals surface area contributed by atoms with Crippen LogP contribution in [0.2, 0.25) is 0 Å². The molecule has 1 aromatic carbocycles. The number of hydrogen-bond acceptors (Lipinski definition) is 4. The molecule has 32 heavy (non-hydrogen) atoms. The predicted octanol–water partition coefficient (Wildman–Crippen LogP) is 4.99. The van der Waals surface area contributed by atoms with Gasteiger partial charge in [-0.3, -0.25) is 0 Å². The number of nitrogens with one attached hydrogen (secondary N) is 2. The first-order valence-corrected chi connectivity index (χ1v) is 11.7. The van der Waals surface area contributed by atoms with Crippen molar-refractivity contribution in [2.24, 2.45) is 0 Å². The highest BCUT2D eigenvalue weighted by atomic mass is 32.2. The Kier molecular flexibility index (Phi) is 6.63. The molecule has 3 rings (SSSR count). The second-order valence-electron chi connectivity index (χ2n) is 8.97. The molecular weight excluding hydrogens is 450 g/mol. The summed E-state index contributed by atoms with van der Waals surface area (Å²) in [6.45, 7) is 4.81. The fourth-order valence-electron chi connectivity index (χ4n) is 3.73. The summed E-state index contributed by atoms with van der Waals surface area (Å²) in [5.74, 6) is -0.790. The van der Waals surface area contributed by atoms with Crippen LogP contribution in [0.1, 0.15) is 63.9 Å². The quantitative estimate of drug-likeness (QED) is 0.595. The number of ether oxygens (including phenoxy) is 1. The zero-order valence-electron chi connectivity index (χ0n) is 18.3. The molecule has 0 unspecified atom stereocenters. The van der Waals surface area contributed by atoms with Crippen molar-refractivity contribution in [1.29, 1.82) is 0 Å². The van der Waals surface area contributed by atoms with Gasteiger partial charge in [0.2, 0.25) is 10.0 Å². The first-order chi connectivity index (χ1) is 14.7. The standard InChI is InChI=1S/C21H27F4N3O3S/c1-20(2,3)32(29,30)28-14-8-5-12(6-9-14)19-26-17(18(27-19)21(23,24)25)15-10-7-13(22)11-16(15)31-4/h7,10-12,14,28H,5-6,8-9H2,1-4H3,(H,26,27)/t12-,14-. The Morgan fingerprint density at radius 3 is 2.28 bits per heavy atom. The molecule has 0 radical (unpaired) electrons. The fraction of sp³-hybridized carbons (Fsp3) is 0.571. The van der Waals surface area contributed by atoms with E-state index in [4.69, 9.17) is 4.74 Å². The number of benzene rings is 1. The van der Waals surface area contributed by atoms with Gasteiger partial charge in [-0.25, -0.2) is 22.5 Å². The van der Waals surface area contributed by atoms with Crippen molar-refractivity contribution in [1.82, 2.24) is 14.7 Å². The molecule has 178 valence electrons. The Bertz CT molecular complexity index is 1070. The number of H-pyrrole nitrogens is 1. The summed E-state index contributed by atoms with van der Waals surface area (Å²) in [7, 11) is -2.27. The van der Waals surface area contributed by atoms with E-state index >= 15 is 0 Å².